The monoisotopic (exact) mass is 663 g/mol. The average molecular weight is 664 g/mol. The topological polar surface area (TPSA) is 236 Å². The minimum atomic E-state index is -1.42. The van der Waals surface area contributed by atoms with Gasteiger partial charge in [0, 0.05) is 19.3 Å². The molecule has 14 atom stereocenters. The minimum absolute atomic E-state index is 0.147. The smallest absolute Gasteiger partial charge is 0.303 e. The summed E-state index contributed by atoms with van der Waals surface area (Å²) in [6.45, 7) is 2.11. The quantitative estimate of drug-likeness (QED) is 0.0903. The summed E-state index contributed by atoms with van der Waals surface area (Å²) in [7, 11) is 0. The fourth-order valence-electron chi connectivity index (χ4n) is 7.35. The number of hydrogen-bond acceptors (Lipinski definition) is 12. The van der Waals surface area contributed by atoms with Crippen molar-refractivity contribution in [2.45, 2.75) is 164 Å². The van der Waals surface area contributed by atoms with E-state index in [-0.39, 0.29) is 31.6 Å². The first-order valence-electron chi connectivity index (χ1n) is 16.9. The van der Waals surface area contributed by atoms with Crippen molar-refractivity contribution in [2.24, 2.45) is 11.8 Å². The van der Waals surface area contributed by atoms with Crippen molar-refractivity contribution in [3.05, 3.63) is 0 Å². The number of rotatable bonds is 17. The molecule has 0 aromatic heterocycles. The first-order chi connectivity index (χ1) is 21.9. The highest BCUT2D eigenvalue weighted by Gasteiger charge is 2.49. The Kier molecular flexibility index (Phi) is 16.0. The third-order valence-corrected chi connectivity index (χ3v) is 9.98. The van der Waals surface area contributed by atoms with Crippen LogP contribution in [0.5, 0.6) is 0 Å². The molecule has 0 unspecified atom stereocenters. The summed E-state index contributed by atoms with van der Waals surface area (Å²) in [5.74, 6) is -2.25. The molecule has 0 bridgehead atoms. The Balaban J connectivity index is 1.66. The van der Waals surface area contributed by atoms with Crippen LogP contribution in [-0.2, 0) is 23.8 Å². The summed E-state index contributed by atoms with van der Waals surface area (Å²) >= 11 is 0. The van der Waals surface area contributed by atoms with Crippen LogP contribution in [0, 0.1) is 11.8 Å². The van der Waals surface area contributed by atoms with Crippen LogP contribution in [0.4, 0.5) is 0 Å². The average Bonchev–Trinajstić information content (AvgIpc) is 3.01. The largest absolute Gasteiger partial charge is 0.481 e. The van der Waals surface area contributed by atoms with Crippen molar-refractivity contribution in [3.8, 4) is 0 Å². The van der Waals surface area contributed by atoms with Crippen molar-refractivity contribution in [1.82, 2.24) is 5.32 Å². The van der Waals surface area contributed by atoms with Crippen molar-refractivity contribution < 1.29 is 64.7 Å². The molecule has 268 valence electrons. The number of carboxylic acid groups (broad SMARTS) is 1. The molecular formula is C32H57NO13. The maximum atomic E-state index is 12.2. The molecule has 0 aromatic rings. The van der Waals surface area contributed by atoms with Crippen molar-refractivity contribution in [2.75, 3.05) is 13.2 Å². The van der Waals surface area contributed by atoms with Gasteiger partial charge in [0.15, 0.2) is 0 Å². The highest BCUT2D eigenvalue weighted by molar-refractivity contribution is 5.73. The molecule has 46 heavy (non-hydrogen) atoms. The Labute approximate surface area is 271 Å². The molecule has 0 aliphatic carbocycles. The van der Waals surface area contributed by atoms with Gasteiger partial charge in [0.05, 0.1) is 62.0 Å². The third-order valence-electron chi connectivity index (χ3n) is 9.98. The van der Waals surface area contributed by atoms with Gasteiger partial charge in [0.1, 0.15) is 24.4 Å². The second-order valence-corrected chi connectivity index (χ2v) is 13.5. The predicted octanol–water partition coefficient (Wildman–Crippen LogP) is -0.399. The lowest BCUT2D eigenvalue weighted by Crippen LogP contribution is -2.62. The standard InChI is InChI=1S/C32H57NO13/c1-17-29(40)32(43)31(42)24(44-17)13-19-12-21(37)26(16-35)46-23(19)14-20-25(15-34)45-22(28(30(20)41)33-18(2)36)10-8-6-4-3-5-7-9-11-27(38)39/h17,19-26,28-32,34-35,37,40-43H,3-16H2,1-2H3,(H,33,36)(H,38,39)/t17-,19-,20+,21+,22-,23-,24-,25+,26+,28-,29+,30-,31+,32+/m0/s1. The number of unbranched alkanes of at least 4 members (excludes halogenated alkanes) is 6. The third kappa shape index (κ3) is 10.8. The van der Waals surface area contributed by atoms with E-state index in [0.717, 1.165) is 38.5 Å². The van der Waals surface area contributed by atoms with Crippen LogP contribution >= 0.6 is 0 Å². The molecule has 3 saturated heterocycles. The zero-order valence-electron chi connectivity index (χ0n) is 27.1. The van der Waals surface area contributed by atoms with E-state index in [1.54, 1.807) is 6.92 Å². The number of carbonyl (C=O) groups excluding carboxylic acids is 1. The lowest BCUT2D eigenvalue weighted by molar-refractivity contribution is -0.233. The minimum Gasteiger partial charge on any atom is -0.481 e. The summed E-state index contributed by atoms with van der Waals surface area (Å²) in [4.78, 5) is 22.8. The summed E-state index contributed by atoms with van der Waals surface area (Å²) in [5, 5.41) is 85.2. The van der Waals surface area contributed by atoms with Gasteiger partial charge in [-0.3, -0.25) is 9.59 Å². The van der Waals surface area contributed by atoms with Crippen molar-refractivity contribution in [3.63, 3.8) is 0 Å². The molecule has 0 radical (unpaired) electrons. The second-order valence-electron chi connectivity index (χ2n) is 13.5. The van der Waals surface area contributed by atoms with Crippen LogP contribution in [0.25, 0.3) is 0 Å². The number of carboxylic acids is 1. The molecule has 14 nitrogen and oxygen atoms in total. The van der Waals surface area contributed by atoms with E-state index in [2.05, 4.69) is 5.32 Å². The molecule has 1 amide bonds. The zero-order valence-corrected chi connectivity index (χ0v) is 27.1. The Morgan fingerprint density at radius 2 is 1.30 bits per heavy atom. The van der Waals surface area contributed by atoms with Crippen LogP contribution in [0.2, 0.25) is 0 Å². The lowest BCUT2D eigenvalue weighted by Gasteiger charge is -2.48. The Hall–Kier alpha value is -1.46. The number of aliphatic carboxylic acids is 1. The van der Waals surface area contributed by atoms with E-state index in [1.807, 2.05) is 0 Å². The number of ether oxygens (including phenoxy) is 3. The zero-order chi connectivity index (χ0) is 34.0. The molecule has 3 aliphatic rings. The van der Waals surface area contributed by atoms with Crippen LogP contribution in [0.3, 0.4) is 0 Å². The molecule has 3 aliphatic heterocycles. The second kappa shape index (κ2) is 18.9. The summed E-state index contributed by atoms with van der Waals surface area (Å²) < 4.78 is 18.2. The lowest BCUT2D eigenvalue weighted by atomic mass is 9.75. The van der Waals surface area contributed by atoms with E-state index in [9.17, 15) is 45.3 Å². The van der Waals surface area contributed by atoms with E-state index in [0.29, 0.717) is 12.8 Å². The first kappa shape index (κ1) is 39.0. The summed E-state index contributed by atoms with van der Waals surface area (Å²) in [6, 6.07) is -0.747. The van der Waals surface area contributed by atoms with E-state index < -0.39 is 104 Å². The van der Waals surface area contributed by atoms with Crippen LogP contribution in [0.1, 0.15) is 90.9 Å². The fraction of sp³-hybridized carbons (Fsp3) is 0.938. The summed E-state index contributed by atoms with van der Waals surface area (Å²) in [5.41, 5.74) is 0. The number of aliphatic hydroxyl groups is 7. The fourth-order valence-corrected chi connectivity index (χ4v) is 7.35. The summed E-state index contributed by atoms with van der Waals surface area (Å²) in [6.07, 6.45) is -3.34. The van der Waals surface area contributed by atoms with Crippen molar-refractivity contribution in [1.29, 1.82) is 0 Å². The van der Waals surface area contributed by atoms with Crippen molar-refractivity contribution >= 4 is 11.9 Å². The van der Waals surface area contributed by atoms with Gasteiger partial charge in [-0.15, -0.1) is 0 Å². The SMILES string of the molecule is CC(=O)N[C@@H]1[C@@H](O)[C@H](C[C@@H]2O[C@H](CO)[C@H](O)C[C@H]2C[C@@H]2O[C@@H](C)[C@@H](O)[C@@H](O)[C@@H]2O)[C@@H](CO)O[C@H]1CCCCCCCCCC(=O)O. The Bertz CT molecular complexity index is 926. The van der Waals surface area contributed by atoms with Crippen LogP contribution in [-0.4, -0.2) is 139 Å². The molecule has 0 saturated carbocycles. The van der Waals surface area contributed by atoms with Gasteiger partial charge in [-0.05, 0) is 44.9 Å². The van der Waals surface area contributed by atoms with Gasteiger partial charge in [-0.25, -0.2) is 0 Å². The Morgan fingerprint density at radius 1 is 0.696 bits per heavy atom. The van der Waals surface area contributed by atoms with Gasteiger partial charge < -0.3 is 60.4 Å². The first-order valence-corrected chi connectivity index (χ1v) is 16.9. The highest BCUT2D eigenvalue weighted by Crippen LogP contribution is 2.39. The number of amides is 1. The molecule has 9 N–H and O–H groups in total. The molecule has 0 aromatic carbocycles. The molecule has 0 spiro atoms. The molecule has 3 heterocycles. The molecule has 14 heteroatoms. The number of hydrogen-bond donors (Lipinski definition) is 9. The van der Waals surface area contributed by atoms with Crippen LogP contribution in [0.15, 0.2) is 0 Å². The van der Waals surface area contributed by atoms with Gasteiger partial charge in [-0.2, -0.15) is 0 Å². The van der Waals surface area contributed by atoms with Gasteiger partial charge in [0.25, 0.3) is 0 Å². The normalized spacial score (nSPS) is 40.0. The van der Waals surface area contributed by atoms with E-state index in [1.165, 1.54) is 6.92 Å². The van der Waals surface area contributed by atoms with Gasteiger partial charge >= 0.3 is 5.97 Å². The van der Waals surface area contributed by atoms with Crippen LogP contribution < -0.4 is 5.32 Å². The Morgan fingerprint density at radius 3 is 1.91 bits per heavy atom. The number of aliphatic hydroxyl groups excluding tert-OH is 7. The van der Waals surface area contributed by atoms with E-state index in [4.69, 9.17) is 19.3 Å². The number of nitrogens with one attached hydrogen (secondary N) is 1. The van der Waals surface area contributed by atoms with E-state index >= 15 is 0 Å². The highest BCUT2D eigenvalue weighted by atomic mass is 16.5. The number of carbonyl (C=O) groups is 2. The maximum Gasteiger partial charge on any atom is 0.303 e. The van der Waals surface area contributed by atoms with Gasteiger partial charge in [-0.1, -0.05) is 38.5 Å². The molecule has 3 fully saturated rings. The molecule has 3 rings (SSSR count). The van der Waals surface area contributed by atoms with Gasteiger partial charge in [0.2, 0.25) is 5.91 Å². The predicted molar refractivity (Wildman–Crippen MR) is 163 cm³/mol. The molecular weight excluding hydrogens is 606 g/mol. The maximum absolute atomic E-state index is 12.2.